The van der Waals surface area contributed by atoms with Crippen LogP contribution in [0.15, 0.2) is 48.2 Å². The largest absolute Gasteiger partial charge is 0.426 e. The summed E-state index contributed by atoms with van der Waals surface area (Å²) in [5.74, 6) is 0.267. The van der Waals surface area contributed by atoms with Crippen molar-refractivity contribution in [3.63, 3.8) is 0 Å². The molecule has 0 bridgehead atoms. The van der Waals surface area contributed by atoms with Crippen molar-refractivity contribution in [1.29, 1.82) is 0 Å². The van der Waals surface area contributed by atoms with Crippen LogP contribution in [0, 0.1) is 5.92 Å². The number of rotatable bonds is 3. The van der Waals surface area contributed by atoms with Gasteiger partial charge in [-0.1, -0.05) is 36.4 Å². The monoisotopic (exact) mass is 242 g/mol. The molecule has 0 saturated heterocycles. The first-order chi connectivity index (χ1) is 8.73. The van der Waals surface area contributed by atoms with Crippen molar-refractivity contribution in [2.24, 2.45) is 5.92 Å². The summed E-state index contributed by atoms with van der Waals surface area (Å²) in [7, 11) is 1.63. The lowest BCUT2D eigenvalue weighted by Crippen LogP contribution is -2.24. The summed E-state index contributed by atoms with van der Waals surface area (Å²) >= 11 is 0. The molecule has 1 heterocycles. The number of ether oxygens (including phenoxy) is 2. The summed E-state index contributed by atoms with van der Waals surface area (Å²) in [6.45, 7) is 0. The van der Waals surface area contributed by atoms with Crippen LogP contribution in [0.2, 0.25) is 0 Å². The molecule has 0 aromatic heterocycles. The number of carbonyl (C=O) groups excluding carboxylic acids is 1. The topological polar surface area (TPSA) is 35.5 Å². The van der Waals surface area contributed by atoms with Crippen LogP contribution < -0.4 is 0 Å². The molecule has 3 heteroatoms. The maximum atomic E-state index is 11.6. The molecular weight excluding hydrogens is 228 g/mol. The first kappa shape index (κ1) is 11.2. The Balaban J connectivity index is 1.81. The van der Waals surface area contributed by atoms with E-state index in [9.17, 15) is 4.79 Å². The lowest BCUT2D eigenvalue weighted by Gasteiger charge is -2.17. The Labute approximate surface area is 106 Å². The van der Waals surface area contributed by atoms with Crippen molar-refractivity contribution >= 4 is 12.0 Å². The fourth-order valence-corrected chi connectivity index (χ4v) is 2.27. The number of esters is 1. The van der Waals surface area contributed by atoms with Crippen molar-refractivity contribution in [1.82, 2.24) is 0 Å². The SMILES string of the molecule is CO[C@@]12C=C(/C=C/c3ccccc3)OC(=O)[C@@H]1C2. The third-order valence-corrected chi connectivity index (χ3v) is 3.46. The zero-order valence-corrected chi connectivity index (χ0v) is 10.1. The highest BCUT2D eigenvalue weighted by Gasteiger charge is 2.61. The van der Waals surface area contributed by atoms with Crippen molar-refractivity contribution in [2.45, 2.75) is 12.0 Å². The lowest BCUT2D eigenvalue weighted by atomic mass is 10.1. The molecule has 92 valence electrons. The molecule has 0 N–H and O–H groups in total. The van der Waals surface area contributed by atoms with Crippen LogP contribution in [-0.2, 0) is 14.3 Å². The highest BCUT2D eigenvalue weighted by Crippen LogP contribution is 2.51. The third-order valence-electron chi connectivity index (χ3n) is 3.46. The molecule has 1 aliphatic heterocycles. The molecule has 0 unspecified atom stereocenters. The molecule has 1 aromatic rings. The molecule has 1 aliphatic carbocycles. The molecule has 1 aromatic carbocycles. The molecule has 18 heavy (non-hydrogen) atoms. The minimum Gasteiger partial charge on any atom is -0.426 e. The van der Waals surface area contributed by atoms with Gasteiger partial charge in [0.05, 0.1) is 5.92 Å². The highest BCUT2D eigenvalue weighted by molar-refractivity contribution is 5.82. The van der Waals surface area contributed by atoms with E-state index >= 15 is 0 Å². The van der Waals surface area contributed by atoms with Gasteiger partial charge in [-0.15, -0.1) is 0 Å². The van der Waals surface area contributed by atoms with Crippen LogP contribution in [-0.4, -0.2) is 18.7 Å². The minimum atomic E-state index is -0.411. The van der Waals surface area contributed by atoms with E-state index in [1.54, 1.807) is 7.11 Å². The smallest absolute Gasteiger partial charge is 0.317 e. The zero-order chi connectivity index (χ0) is 12.6. The van der Waals surface area contributed by atoms with Crippen LogP contribution >= 0.6 is 0 Å². The highest BCUT2D eigenvalue weighted by atomic mass is 16.6. The van der Waals surface area contributed by atoms with Gasteiger partial charge in [0.1, 0.15) is 11.4 Å². The minimum absolute atomic E-state index is 0.114. The number of benzene rings is 1. The van der Waals surface area contributed by atoms with Gasteiger partial charge in [-0.3, -0.25) is 4.79 Å². The molecule has 2 atom stereocenters. The van der Waals surface area contributed by atoms with Gasteiger partial charge in [-0.25, -0.2) is 0 Å². The molecule has 0 radical (unpaired) electrons. The van der Waals surface area contributed by atoms with Gasteiger partial charge in [0.15, 0.2) is 0 Å². The quantitative estimate of drug-likeness (QED) is 0.764. The average Bonchev–Trinajstić information content (AvgIpc) is 3.14. The standard InChI is InChI=1S/C15H14O3/c1-17-15-9-12(18-14(16)13(15)10-15)8-7-11-5-3-2-4-6-11/h2-9,13H,10H2,1H3/b8-7+/t13-,15+/m0/s1. The van der Waals surface area contributed by atoms with E-state index in [4.69, 9.17) is 9.47 Å². The Morgan fingerprint density at radius 3 is 2.83 bits per heavy atom. The first-order valence-electron chi connectivity index (χ1n) is 5.96. The van der Waals surface area contributed by atoms with E-state index in [1.807, 2.05) is 48.6 Å². The second kappa shape index (κ2) is 4.10. The number of hydrogen-bond acceptors (Lipinski definition) is 3. The lowest BCUT2D eigenvalue weighted by molar-refractivity contribution is -0.143. The number of cyclic esters (lactones) is 1. The molecule has 0 amide bonds. The second-order valence-electron chi connectivity index (χ2n) is 4.63. The van der Waals surface area contributed by atoms with E-state index in [0.717, 1.165) is 12.0 Å². The Hall–Kier alpha value is -1.87. The number of hydrogen-bond donors (Lipinski definition) is 0. The maximum Gasteiger partial charge on any atom is 0.317 e. The Kier molecular flexibility index (Phi) is 2.56. The van der Waals surface area contributed by atoms with Gasteiger partial charge >= 0.3 is 5.97 Å². The van der Waals surface area contributed by atoms with Crippen molar-refractivity contribution in [3.05, 3.63) is 53.8 Å². The van der Waals surface area contributed by atoms with E-state index in [-0.39, 0.29) is 11.9 Å². The number of carbonyl (C=O) groups is 1. The normalized spacial score (nSPS) is 29.7. The number of fused-ring (bicyclic) bond motifs is 1. The Bertz CT molecular complexity index is 530. The summed E-state index contributed by atoms with van der Waals surface area (Å²) in [5, 5.41) is 0. The number of allylic oxidation sites excluding steroid dienone is 1. The molecular formula is C15H14O3. The van der Waals surface area contributed by atoms with Gasteiger partial charge in [0.25, 0.3) is 0 Å². The van der Waals surface area contributed by atoms with Crippen LogP contribution in [0.1, 0.15) is 12.0 Å². The summed E-state index contributed by atoms with van der Waals surface area (Å²) in [5.41, 5.74) is 0.657. The fraction of sp³-hybridized carbons (Fsp3) is 0.267. The predicted octanol–water partition coefficient (Wildman–Crippen LogP) is 2.55. The molecule has 2 aliphatic rings. The average molecular weight is 242 g/mol. The van der Waals surface area contributed by atoms with Crippen LogP contribution in [0.4, 0.5) is 0 Å². The molecule has 3 nitrogen and oxygen atoms in total. The zero-order valence-electron chi connectivity index (χ0n) is 10.1. The summed E-state index contributed by atoms with van der Waals surface area (Å²) in [4.78, 5) is 11.6. The van der Waals surface area contributed by atoms with E-state index < -0.39 is 5.60 Å². The summed E-state index contributed by atoms with van der Waals surface area (Å²) < 4.78 is 10.6. The van der Waals surface area contributed by atoms with E-state index in [1.165, 1.54) is 0 Å². The van der Waals surface area contributed by atoms with Gasteiger partial charge in [-0.05, 0) is 24.1 Å². The van der Waals surface area contributed by atoms with Crippen LogP contribution in [0.3, 0.4) is 0 Å². The predicted molar refractivity (Wildman–Crippen MR) is 67.5 cm³/mol. The summed E-state index contributed by atoms with van der Waals surface area (Å²) in [6.07, 6.45) is 6.36. The van der Waals surface area contributed by atoms with Crippen LogP contribution in [0.25, 0.3) is 6.08 Å². The van der Waals surface area contributed by atoms with Gasteiger partial charge in [0, 0.05) is 7.11 Å². The Morgan fingerprint density at radius 1 is 1.33 bits per heavy atom. The van der Waals surface area contributed by atoms with Gasteiger partial charge < -0.3 is 9.47 Å². The first-order valence-corrected chi connectivity index (χ1v) is 5.96. The fourth-order valence-electron chi connectivity index (χ4n) is 2.27. The Morgan fingerprint density at radius 2 is 2.11 bits per heavy atom. The van der Waals surface area contributed by atoms with Crippen molar-refractivity contribution in [3.8, 4) is 0 Å². The third kappa shape index (κ3) is 1.87. The van der Waals surface area contributed by atoms with E-state index in [0.29, 0.717) is 5.76 Å². The van der Waals surface area contributed by atoms with Crippen molar-refractivity contribution in [2.75, 3.05) is 7.11 Å². The summed E-state index contributed by atoms with van der Waals surface area (Å²) in [6, 6.07) is 9.89. The molecule has 1 saturated carbocycles. The number of methoxy groups -OCH3 is 1. The second-order valence-corrected chi connectivity index (χ2v) is 4.63. The molecule has 0 spiro atoms. The maximum absolute atomic E-state index is 11.6. The van der Waals surface area contributed by atoms with Crippen LogP contribution in [0.5, 0.6) is 0 Å². The van der Waals surface area contributed by atoms with Gasteiger partial charge in [0.2, 0.25) is 0 Å². The van der Waals surface area contributed by atoms with Gasteiger partial charge in [-0.2, -0.15) is 0 Å². The van der Waals surface area contributed by atoms with E-state index in [2.05, 4.69) is 0 Å². The molecule has 3 rings (SSSR count). The van der Waals surface area contributed by atoms with Crippen molar-refractivity contribution < 1.29 is 14.3 Å². The molecule has 1 fully saturated rings.